The zero-order valence-electron chi connectivity index (χ0n) is 13.5. The first-order valence-corrected chi connectivity index (χ1v) is 7.74. The smallest absolute Gasteiger partial charge is 0.223 e. The Hall–Kier alpha value is -1.26. The van der Waals surface area contributed by atoms with Crippen LogP contribution in [0.3, 0.4) is 0 Å². The molecule has 0 spiro atoms. The second kappa shape index (κ2) is 9.01. The predicted molar refractivity (Wildman–Crippen MR) is 91.8 cm³/mol. The van der Waals surface area contributed by atoms with Crippen LogP contribution in [0.25, 0.3) is 0 Å². The van der Waals surface area contributed by atoms with Gasteiger partial charge in [0, 0.05) is 13.1 Å². The average molecular weight is 327 g/mol. The van der Waals surface area contributed by atoms with Crippen molar-refractivity contribution in [3.05, 3.63) is 29.8 Å². The molecule has 1 heterocycles. The fourth-order valence-corrected chi connectivity index (χ4v) is 2.64. The molecule has 2 rings (SSSR count). The first kappa shape index (κ1) is 18.8. The van der Waals surface area contributed by atoms with Gasteiger partial charge in [-0.1, -0.05) is 19.1 Å². The molecule has 0 saturated carbocycles. The summed E-state index contributed by atoms with van der Waals surface area (Å²) in [7, 11) is 0. The van der Waals surface area contributed by atoms with Gasteiger partial charge in [-0.3, -0.25) is 4.79 Å². The summed E-state index contributed by atoms with van der Waals surface area (Å²) in [6, 6.07) is 7.88. The van der Waals surface area contributed by atoms with Gasteiger partial charge in [0.25, 0.3) is 0 Å². The van der Waals surface area contributed by atoms with Crippen LogP contribution in [-0.2, 0) is 4.79 Å². The fourth-order valence-electron chi connectivity index (χ4n) is 2.64. The Morgan fingerprint density at radius 2 is 2.27 bits per heavy atom. The molecule has 1 aliphatic rings. The highest BCUT2D eigenvalue weighted by atomic mass is 35.5. The summed E-state index contributed by atoms with van der Waals surface area (Å²) in [4.78, 5) is 11.9. The molecule has 1 unspecified atom stereocenters. The van der Waals surface area contributed by atoms with Gasteiger partial charge >= 0.3 is 0 Å². The van der Waals surface area contributed by atoms with E-state index in [-0.39, 0.29) is 23.7 Å². The Balaban J connectivity index is 0.00000242. The van der Waals surface area contributed by atoms with E-state index in [1.54, 1.807) is 0 Å². The summed E-state index contributed by atoms with van der Waals surface area (Å²) in [5, 5.41) is 6.42. The van der Waals surface area contributed by atoms with Gasteiger partial charge in [-0.05, 0) is 49.4 Å². The lowest BCUT2D eigenvalue weighted by Crippen LogP contribution is -2.45. The standard InChI is InChI=1S/C17H26N2O2.ClH/c1-14-5-3-6-15(11-14)21-10-7-16(20)19-13-17(2)8-4-9-18-12-17;/h3,5-6,11,18H,4,7-10,12-13H2,1-2H3,(H,19,20);1H. The molecule has 22 heavy (non-hydrogen) atoms. The summed E-state index contributed by atoms with van der Waals surface area (Å²) in [5.41, 5.74) is 1.35. The fraction of sp³-hybridized carbons (Fsp3) is 0.588. The Morgan fingerprint density at radius 3 is 2.95 bits per heavy atom. The van der Waals surface area contributed by atoms with E-state index in [1.807, 2.05) is 31.2 Å². The van der Waals surface area contributed by atoms with Gasteiger partial charge in [0.05, 0.1) is 13.0 Å². The number of hydrogen-bond acceptors (Lipinski definition) is 3. The Morgan fingerprint density at radius 1 is 1.45 bits per heavy atom. The van der Waals surface area contributed by atoms with Crippen LogP contribution in [0.5, 0.6) is 5.75 Å². The molecule has 2 N–H and O–H groups in total. The molecular weight excluding hydrogens is 300 g/mol. The molecule has 0 radical (unpaired) electrons. The highest BCUT2D eigenvalue weighted by molar-refractivity contribution is 5.85. The predicted octanol–water partition coefficient (Wildman–Crippen LogP) is 2.69. The quantitative estimate of drug-likeness (QED) is 0.845. The summed E-state index contributed by atoms with van der Waals surface area (Å²) >= 11 is 0. The minimum absolute atomic E-state index is 0. The van der Waals surface area contributed by atoms with Crippen molar-refractivity contribution in [1.82, 2.24) is 10.6 Å². The van der Waals surface area contributed by atoms with Gasteiger partial charge in [0.2, 0.25) is 5.91 Å². The van der Waals surface area contributed by atoms with Crippen LogP contribution in [0.1, 0.15) is 31.7 Å². The monoisotopic (exact) mass is 326 g/mol. The lowest BCUT2D eigenvalue weighted by Gasteiger charge is -2.34. The minimum Gasteiger partial charge on any atom is -0.493 e. The lowest BCUT2D eigenvalue weighted by molar-refractivity contribution is -0.122. The number of benzene rings is 1. The summed E-state index contributed by atoms with van der Waals surface area (Å²) in [6.45, 7) is 7.48. The van der Waals surface area contributed by atoms with E-state index >= 15 is 0 Å². The molecule has 0 aliphatic carbocycles. The number of aryl methyl sites for hydroxylation is 1. The van der Waals surface area contributed by atoms with E-state index in [0.29, 0.717) is 13.0 Å². The van der Waals surface area contributed by atoms with Crippen molar-refractivity contribution < 1.29 is 9.53 Å². The maximum atomic E-state index is 11.9. The number of carbonyl (C=O) groups is 1. The van der Waals surface area contributed by atoms with Crippen molar-refractivity contribution in [1.29, 1.82) is 0 Å². The first-order valence-electron chi connectivity index (χ1n) is 7.74. The first-order chi connectivity index (χ1) is 10.1. The van der Waals surface area contributed by atoms with E-state index in [0.717, 1.165) is 30.9 Å². The van der Waals surface area contributed by atoms with Gasteiger partial charge < -0.3 is 15.4 Å². The van der Waals surface area contributed by atoms with Crippen LogP contribution in [0.4, 0.5) is 0 Å². The number of hydrogen-bond donors (Lipinski definition) is 2. The van der Waals surface area contributed by atoms with Crippen molar-refractivity contribution in [3.63, 3.8) is 0 Å². The van der Waals surface area contributed by atoms with E-state index in [1.165, 1.54) is 12.8 Å². The van der Waals surface area contributed by atoms with Crippen LogP contribution >= 0.6 is 12.4 Å². The number of rotatable bonds is 6. The molecule has 0 aromatic heterocycles. The molecule has 1 atom stereocenters. The molecule has 5 heteroatoms. The van der Waals surface area contributed by atoms with Crippen molar-refractivity contribution in [2.75, 3.05) is 26.2 Å². The largest absolute Gasteiger partial charge is 0.493 e. The molecule has 1 aromatic rings. The SMILES string of the molecule is Cc1cccc(OCCC(=O)NCC2(C)CCCNC2)c1.Cl. The van der Waals surface area contributed by atoms with Crippen molar-refractivity contribution >= 4 is 18.3 Å². The highest BCUT2D eigenvalue weighted by Gasteiger charge is 2.26. The maximum absolute atomic E-state index is 11.9. The summed E-state index contributed by atoms with van der Waals surface area (Å²) in [5.74, 6) is 0.890. The number of piperidine rings is 1. The van der Waals surface area contributed by atoms with Crippen LogP contribution in [0, 0.1) is 12.3 Å². The molecule has 1 aliphatic heterocycles. The zero-order chi connectivity index (χ0) is 15.1. The number of amides is 1. The third-order valence-corrected chi connectivity index (χ3v) is 3.99. The van der Waals surface area contributed by atoms with E-state index < -0.39 is 0 Å². The number of ether oxygens (including phenoxy) is 1. The van der Waals surface area contributed by atoms with Gasteiger partial charge in [-0.2, -0.15) is 0 Å². The van der Waals surface area contributed by atoms with E-state index in [9.17, 15) is 4.79 Å². The molecule has 1 saturated heterocycles. The van der Waals surface area contributed by atoms with Crippen LogP contribution in [0.15, 0.2) is 24.3 Å². The number of halogens is 1. The highest BCUT2D eigenvalue weighted by Crippen LogP contribution is 2.24. The third-order valence-electron chi connectivity index (χ3n) is 3.99. The molecular formula is C17H27ClN2O2. The molecule has 1 aromatic carbocycles. The molecule has 124 valence electrons. The van der Waals surface area contributed by atoms with Gasteiger partial charge in [0.1, 0.15) is 5.75 Å². The third kappa shape index (κ3) is 6.24. The second-order valence-electron chi connectivity index (χ2n) is 6.28. The second-order valence-corrected chi connectivity index (χ2v) is 6.28. The van der Waals surface area contributed by atoms with Crippen LogP contribution in [0.2, 0.25) is 0 Å². The molecule has 1 fully saturated rings. The zero-order valence-corrected chi connectivity index (χ0v) is 14.3. The summed E-state index contributed by atoms with van der Waals surface area (Å²) < 4.78 is 5.60. The lowest BCUT2D eigenvalue weighted by atomic mass is 9.83. The van der Waals surface area contributed by atoms with Crippen molar-refractivity contribution in [3.8, 4) is 5.75 Å². The van der Waals surface area contributed by atoms with Gasteiger partial charge in [-0.25, -0.2) is 0 Å². The molecule has 1 amide bonds. The van der Waals surface area contributed by atoms with Crippen molar-refractivity contribution in [2.45, 2.75) is 33.1 Å². The number of nitrogens with one attached hydrogen (secondary N) is 2. The van der Waals surface area contributed by atoms with E-state index in [2.05, 4.69) is 17.6 Å². The Bertz CT molecular complexity index is 473. The van der Waals surface area contributed by atoms with E-state index in [4.69, 9.17) is 4.74 Å². The normalized spacial score (nSPS) is 20.8. The van der Waals surface area contributed by atoms with Crippen molar-refractivity contribution in [2.24, 2.45) is 5.41 Å². The minimum atomic E-state index is 0. The Kier molecular flexibility index (Phi) is 7.69. The number of carbonyl (C=O) groups excluding carboxylic acids is 1. The van der Waals surface area contributed by atoms with Gasteiger partial charge in [-0.15, -0.1) is 12.4 Å². The average Bonchev–Trinajstić information content (AvgIpc) is 2.46. The van der Waals surface area contributed by atoms with Crippen LogP contribution in [-0.4, -0.2) is 32.1 Å². The molecule has 0 bridgehead atoms. The maximum Gasteiger partial charge on any atom is 0.223 e. The van der Waals surface area contributed by atoms with Gasteiger partial charge in [0.15, 0.2) is 0 Å². The molecule has 4 nitrogen and oxygen atoms in total. The summed E-state index contributed by atoms with van der Waals surface area (Å²) in [6.07, 6.45) is 2.75. The topological polar surface area (TPSA) is 50.4 Å². The Labute approximate surface area is 139 Å². The van der Waals surface area contributed by atoms with Crippen LogP contribution < -0.4 is 15.4 Å².